The van der Waals surface area contributed by atoms with E-state index >= 15 is 0 Å². The largest absolute Gasteiger partial charge is 0.0791 e. The summed E-state index contributed by atoms with van der Waals surface area (Å²) in [5.74, 6) is 0. The smallest absolute Gasteiger partial charge is 0.0786 e. The summed E-state index contributed by atoms with van der Waals surface area (Å²) in [5, 5.41) is 0. The van der Waals surface area contributed by atoms with E-state index < -0.39 is 8.07 Å². The normalized spacial score (nSPS) is 15.0. The van der Waals surface area contributed by atoms with Crippen molar-refractivity contribution >= 4 is 14.1 Å². The van der Waals surface area contributed by atoms with Crippen LogP contribution in [0.2, 0.25) is 0 Å². The highest BCUT2D eigenvalue weighted by atomic mass is 28.3. The molecule has 0 radical (unpaired) electrons. The van der Waals surface area contributed by atoms with Gasteiger partial charge in [-0.3, -0.25) is 0 Å². The van der Waals surface area contributed by atoms with E-state index in [1.165, 1.54) is 45.9 Å². The van der Waals surface area contributed by atoms with E-state index in [4.69, 9.17) is 0 Å². The molecule has 1 aliphatic rings. The number of benzene rings is 4. The third-order valence-corrected chi connectivity index (χ3v) is 11.8. The van der Waals surface area contributed by atoms with Crippen molar-refractivity contribution in [1.29, 1.82) is 0 Å². The molecule has 0 N–H and O–H groups in total. The lowest BCUT2D eigenvalue weighted by molar-refractivity contribution is 1.00. The number of hydrogen-bond acceptors (Lipinski definition) is 0. The zero-order chi connectivity index (χ0) is 20.9. The Bertz CT molecular complexity index is 1050. The number of rotatable bonds is 7. The van der Waals surface area contributed by atoms with Crippen molar-refractivity contribution in [3.05, 3.63) is 149 Å². The third-order valence-electron chi connectivity index (χ3n) is 6.66. The average Bonchev–Trinajstić information content (AvgIpc) is 3.26. The Morgan fingerprint density at radius 3 is 1.39 bits per heavy atom. The van der Waals surface area contributed by atoms with Gasteiger partial charge in [0.1, 0.15) is 0 Å². The Balaban J connectivity index is 1.65. The summed E-state index contributed by atoms with van der Waals surface area (Å²) in [7, 11) is -1.92. The first-order chi connectivity index (χ1) is 15.3. The highest BCUT2D eigenvalue weighted by Gasteiger charge is 2.43. The van der Waals surface area contributed by atoms with Crippen molar-refractivity contribution in [3.63, 3.8) is 0 Å². The maximum Gasteiger partial charge on any atom is 0.0786 e. The second-order valence-corrected chi connectivity index (χ2v) is 13.2. The summed E-state index contributed by atoms with van der Waals surface area (Å²) in [6.07, 6.45) is 4.88. The molecule has 4 aromatic carbocycles. The first-order valence-electron chi connectivity index (χ1n) is 11.2. The van der Waals surface area contributed by atoms with E-state index in [0.717, 1.165) is 0 Å². The molecule has 1 aliphatic carbocycles. The molecule has 0 aliphatic heterocycles. The van der Waals surface area contributed by atoms with Crippen LogP contribution in [0.3, 0.4) is 0 Å². The predicted molar refractivity (Wildman–Crippen MR) is 134 cm³/mol. The van der Waals surface area contributed by atoms with Gasteiger partial charge in [0.2, 0.25) is 0 Å². The van der Waals surface area contributed by atoms with Crippen LogP contribution in [0.5, 0.6) is 0 Å². The van der Waals surface area contributed by atoms with Crippen molar-refractivity contribution in [2.75, 3.05) is 0 Å². The molecule has 0 spiro atoms. The van der Waals surface area contributed by atoms with Gasteiger partial charge >= 0.3 is 0 Å². The monoisotopic (exact) mass is 416 g/mol. The number of fused-ring (bicyclic) bond motifs is 1. The molecule has 4 aromatic rings. The molecule has 1 unspecified atom stereocenters. The van der Waals surface area contributed by atoms with Crippen LogP contribution in [-0.4, -0.2) is 8.07 Å². The van der Waals surface area contributed by atoms with Crippen LogP contribution in [0.1, 0.15) is 33.4 Å². The van der Waals surface area contributed by atoms with Crippen molar-refractivity contribution < 1.29 is 0 Å². The lowest BCUT2D eigenvalue weighted by Gasteiger charge is -2.38. The van der Waals surface area contributed by atoms with Gasteiger partial charge in [-0.25, -0.2) is 0 Å². The number of hydrogen-bond donors (Lipinski definition) is 0. The van der Waals surface area contributed by atoms with Crippen molar-refractivity contribution in [3.8, 4) is 0 Å². The summed E-state index contributed by atoms with van der Waals surface area (Å²) < 4.78 is 0. The Morgan fingerprint density at radius 2 is 0.903 bits per heavy atom. The van der Waals surface area contributed by atoms with E-state index in [1.54, 1.807) is 0 Å². The van der Waals surface area contributed by atoms with Crippen LogP contribution in [0.25, 0.3) is 6.08 Å². The lowest BCUT2D eigenvalue weighted by atomic mass is 10.1. The molecule has 0 heterocycles. The quantitative estimate of drug-likeness (QED) is 0.281. The molecule has 0 bridgehead atoms. The lowest BCUT2D eigenvalue weighted by Crippen LogP contribution is -2.49. The second kappa shape index (κ2) is 8.91. The van der Waals surface area contributed by atoms with E-state index in [-0.39, 0.29) is 0 Å². The molecule has 0 fully saturated rings. The standard InChI is InChI=1S/C30H28Si/c1-4-12-25(13-5-1)22-31(23-26-14-6-2-7-15-26,24-27-16-8-3-9-17-27)30-21-20-28-18-10-11-19-29(28)30/h1-21,30H,22-24H2. The Hall–Kier alpha value is -3.16. The molecular weight excluding hydrogens is 388 g/mol. The highest BCUT2D eigenvalue weighted by Crippen LogP contribution is 2.41. The molecule has 1 atom stereocenters. The Kier molecular flexibility index (Phi) is 5.69. The average molecular weight is 417 g/mol. The maximum absolute atomic E-state index is 2.52. The molecule has 1 heteroatoms. The van der Waals surface area contributed by atoms with Gasteiger partial charge in [0, 0.05) is 0 Å². The first-order valence-corrected chi connectivity index (χ1v) is 13.9. The van der Waals surface area contributed by atoms with Gasteiger partial charge in [-0.2, -0.15) is 0 Å². The van der Waals surface area contributed by atoms with Crippen LogP contribution >= 0.6 is 0 Å². The summed E-state index contributed by atoms with van der Waals surface area (Å²) >= 11 is 0. The topological polar surface area (TPSA) is 0 Å². The predicted octanol–water partition coefficient (Wildman–Crippen LogP) is 7.13. The fourth-order valence-electron chi connectivity index (χ4n) is 5.31. The van der Waals surface area contributed by atoms with E-state index in [2.05, 4.69) is 127 Å². The fraction of sp³-hybridized carbons (Fsp3) is 0.133. The van der Waals surface area contributed by atoms with Gasteiger partial charge in [-0.15, -0.1) is 0 Å². The third kappa shape index (κ3) is 4.33. The van der Waals surface area contributed by atoms with Gasteiger partial charge in [0.15, 0.2) is 0 Å². The first kappa shape index (κ1) is 19.8. The molecule has 31 heavy (non-hydrogen) atoms. The Morgan fingerprint density at radius 1 is 0.484 bits per heavy atom. The van der Waals surface area contributed by atoms with Crippen LogP contribution in [-0.2, 0) is 18.1 Å². The van der Waals surface area contributed by atoms with E-state index in [9.17, 15) is 0 Å². The zero-order valence-corrected chi connectivity index (χ0v) is 18.8. The van der Waals surface area contributed by atoms with Crippen molar-refractivity contribution in [1.82, 2.24) is 0 Å². The fourth-order valence-corrected chi connectivity index (χ4v) is 10.9. The van der Waals surface area contributed by atoms with E-state index in [0.29, 0.717) is 5.54 Å². The van der Waals surface area contributed by atoms with Gasteiger partial charge < -0.3 is 0 Å². The minimum atomic E-state index is -1.92. The minimum absolute atomic E-state index is 0.518. The van der Waals surface area contributed by atoms with E-state index in [1.807, 2.05) is 0 Å². The van der Waals surface area contributed by atoms with Crippen LogP contribution in [0.4, 0.5) is 0 Å². The molecular formula is C30H28Si. The van der Waals surface area contributed by atoms with Gasteiger partial charge in [0.05, 0.1) is 8.07 Å². The maximum atomic E-state index is 2.52. The second-order valence-electron chi connectivity index (χ2n) is 8.82. The molecule has 5 rings (SSSR count). The molecule has 0 aromatic heterocycles. The van der Waals surface area contributed by atoms with Gasteiger partial charge in [-0.05, 0) is 34.8 Å². The van der Waals surface area contributed by atoms with Gasteiger partial charge in [-0.1, -0.05) is 144 Å². The summed E-state index contributed by atoms with van der Waals surface area (Å²) in [6.45, 7) is 0. The molecule has 0 amide bonds. The van der Waals surface area contributed by atoms with Crippen molar-refractivity contribution in [2.24, 2.45) is 0 Å². The van der Waals surface area contributed by atoms with Crippen molar-refractivity contribution in [2.45, 2.75) is 23.7 Å². The zero-order valence-electron chi connectivity index (χ0n) is 17.8. The minimum Gasteiger partial charge on any atom is -0.0791 e. The molecule has 152 valence electrons. The number of allylic oxidation sites excluding steroid dienone is 1. The summed E-state index contributed by atoms with van der Waals surface area (Å²) in [6, 6.07) is 46.0. The highest BCUT2D eigenvalue weighted by molar-refractivity contribution is 6.80. The Labute approximate surface area is 186 Å². The summed E-state index contributed by atoms with van der Waals surface area (Å²) in [5.41, 5.74) is 7.86. The summed E-state index contributed by atoms with van der Waals surface area (Å²) in [4.78, 5) is 0. The molecule has 0 saturated heterocycles. The van der Waals surface area contributed by atoms with Crippen LogP contribution in [0.15, 0.2) is 121 Å². The van der Waals surface area contributed by atoms with Crippen LogP contribution < -0.4 is 0 Å². The SMILES string of the molecule is C1=CC([Si](Cc2ccccc2)(Cc2ccccc2)Cc2ccccc2)c2ccccc21. The van der Waals surface area contributed by atoms with Crippen LogP contribution in [0, 0.1) is 0 Å². The molecule has 0 saturated carbocycles. The molecule has 0 nitrogen and oxygen atoms in total. The van der Waals surface area contributed by atoms with Gasteiger partial charge in [0.25, 0.3) is 0 Å².